The molecule has 9 heterocycles. The van der Waals surface area contributed by atoms with Crippen LogP contribution in [-0.4, -0.2) is 61.1 Å². The lowest BCUT2D eigenvalue weighted by Crippen LogP contribution is -2.10. The van der Waals surface area contributed by atoms with Gasteiger partial charge in [-0.05, 0) is 104 Å². The molecule has 0 radical (unpaired) electrons. The molecule has 0 amide bonds. The molecule has 4 aromatic heterocycles. The summed E-state index contributed by atoms with van der Waals surface area (Å²) in [6.07, 6.45) is 16.4. The van der Waals surface area contributed by atoms with Gasteiger partial charge in [-0.3, -0.25) is 0 Å². The Balaban J connectivity index is 1.42. The topological polar surface area (TPSA) is 121 Å². The van der Waals surface area contributed by atoms with Gasteiger partial charge in [0.15, 0.2) is 0 Å². The highest BCUT2D eigenvalue weighted by molar-refractivity contribution is 6.39. The number of fused-ring (bicyclic) bond motifs is 4. The van der Waals surface area contributed by atoms with E-state index in [2.05, 4.69) is 94.6 Å². The van der Waals surface area contributed by atoms with Crippen LogP contribution in [0, 0.1) is 55.4 Å². The van der Waals surface area contributed by atoms with Gasteiger partial charge in [-0.25, -0.2) is 39.9 Å². The fourth-order valence-corrected chi connectivity index (χ4v) is 7.76. The smallest absolute Gasteiger partial charge is 0.144 e. The van der Waals surface area contributed by atoms with Crippen LogP contribution in [0.15, 0.2) is 91.4 Å². The van der Waals surface area contributed by atoms with E-state index in [9.17, 15) is 0 Å². The molecule has 12 nitrogen and oxygen atoms in total. The van der Waals surface area contributed by atoms with Crippen molar-refractivity contribution in [1.82, 2.24) is 38.2 Å². The van der Waals surface area contributed by atoms with E-state index in [0.29, 0.717) is 0 Å². The zero-order valence-electron chi connectivity index (χ0n) is 34.0. The van der Waals surface area contributed by atoms with E-state index in [-0.39, 0.29) is 0 Å². The summed E-state index contributed by atoms with van der Waals surface area (Å²) >= 11 is 0. The second-order valence-corrected chi connectivity index (χ2v) is 15.0. The van der Waals surface area contributed by atoms with E-state index in [1.807, 2.05) is 55.9 Å². The largest absolute Gasteiger partial charge is 0.331 e. The second kappa shape index (κ2) is 12.5. The zero-order valence-corrected chi connectivity index (χ0v) is 34.0. The summed E-state index contributed by atoms with van der Waals surface area (Å²) in [7, 11) is 8.17. The molecule has 0 N–H and O–H groups in total. The molecule has 0 saturated carbocycles. The van der Waals surface area contributed by atoms with E-state index in [1.165, 1.54) is 0 Å². The molecule has 0 saturated heterocycles. The van der Waals surface area contributed by atoms with Gasteiger partial charge in [0.05, 0.1) is 90.7 Å². The first-order chi connectivity index (χ1) is 26.7. The molecule has 0 spiro atoms. The Kier molecular flexibility index (Phi) is 7.84. The van der Waals surface area contributed by atoms with Gasteiger partial charge in [0.2, 0.25) is 0 Å². The van der Waals surface area contributed by atoms with Crippen molar-refractivity contribution in [3.05, 3.63) is 140 Å². The molecule has 0 aliphatic carbocycles. The van der Waals surface area contributed by atoms with E-state index >= 15 is 0 Å². The maximum Gasteiger partial charge on any atom is 0.144 e. The van der Waals surface area contributed by atoms with E-state index in [1.54, 1.807) is 0 Å². The minimum atomic E-state index is 0.752. The average Bonchev–Trinajstić information content (AvgIpc) is 4.07. The average molecular weight is 741 g/mol. The summed E-state index contributed by atoms with van der Waals surface area (Å²) in [5.74, 6) is 3.14. The third-order valence-electron chi connectivity index (χ3n) is 12.0. The Morgan fingerprint density at radius 1 is 0.304 bits per heavy atom. The summed E-state index contributed by atoms with van der Waals surface area (Å²) < 4.78 is 8.47. The van der Waals surface area contributed by atoms with E-state index in [4.69, 9.17) is 39.9 Å². The quantitative estimate of drug-likeness (QED) is 0.222. The summed E-state index contributed by atoms with van der Waals surface area (Å²) in [6.45, 7) is 16.5. The maximum atomic E-state index is 5.39. The summed E-state index contributed by atoms with van der Waals surface area (Å²) in [5.41, 5.74) is 17.4. The SMILES string of the molecule is Cc1nc(C2=C3C=CC(=N3)C(c3nc(C)c(C)n3C)=C3C=CC(=N3)C(c3nc(C)c(C)n3C)=C3C=CC(=N3)C(c3nc(C)c(C)n3C)=C3C=CC2=N3)n(C)c1C. The summed E-state index contributed by atoms with van der Waals surface area (Å²) in [4.78, 5) is 41.9. The Bertz CT molecular complexity index is 2500. The third kappa shape index (κ3) is 5.11. The monoisotopic (exact) mass is 740 g/mol. The second-order valence-electron chi connectivity index (χ2n) is 15.0. The third-order valence-corrected chi connectivity index (χ3v) is 12.0. The van der Waals surface area contributed by atoms with Crippen molar-refractivity contribution in [2.24, 2.45) is 48.2 Å². The van der Waals surface area contributed by atoms with Gasteiger partial charge in [0.1, 0.15) is 23.3 Å². The van der Waals surface area contributed by atoms with Crippen LogP contribution >= 0.6 is 0 Å². The molecule has 5 aliphatic heterocycles. The molecule has 9 rings (SSSR count). The number of hydrogen-bond donors (Lipinski definition) is 0. The van der Waals surface area contributed by atoms with Crippen molar-refractivity contribution in [1.29, 1.82) is 0 Å². The van der Waals surface area contributed by atoms with Gasteiger partial charge < -0.3 is 18.3 Å². The lowest BCUT2D eigenvalue weighted by Gasteiger charge is -2.12. The predicted molar refractivity (Wildman–Crippen MR) is 225 cm³/mol. The van der Waals surface area contributed by atoms with Crippen molar-refractivity contribution in [3.63, 3.8) is 0 Å². The molecule has 0 aromatic carbocycles. The Morgan fingerprint density at radius 3 is 0.661 bits per heavy atom. The van der Waals surface area contributed by atoms with Gasteiger partial charge in [-0.15, -0.1) is 0 Å². The summed E-state index contributed by atoms with van der Waals surface area (Å²) in [6, 6.07) is 0. The normalized spacial score (nSPS) is 17.5. The molecular weight excluding hydrogens is 697 g/mol. The van der Waals surface area contributed by atoms with Gasteiger partial charge in [-0.1, -0.05) is 0 Å². The predicted octanol–water partition coefficient (Wildman–Crippen LogP) is 7.09. The Hall–Kier alpha value is -6.56. The molecule has 0 fully saturated rings. The first-order valence-corrected chi connectivity index (χ1v) is 18.8. The van der Waals surface area contributed by atoms with Gasteiger partial charge in [0.25, 0.3) is 0 Å². The highest BCUT2D eigenvalue weighted by Gasteiger charge is 2.32. The van der Waals surface area contributed by atoms with Crippen molar-refractivity contribution in [2.75, 3.05) is 0 Å². The molecule has 5 aliphatic rings. The number of aromatic nitrogens is 8. The molecule has 12 heteroatoms. The molecular formula is C44H44N12. The number of allylic oxidation sites excluding steroid dienone is 12. The molecule has 0 atom stereocenters. The highest BCUT2D eigenvalue weighted by atomic mass is 15.1. The van der Waals surface area contributed by atoms with Crippen LogP contribution in [-0.2, 0) is 28.2 Å². The molecule has 56 heavy (non-hydrogen) atoms. The Morgan fingerprint density at radius 2 is 0.500 bits per heavy atom. The van der Waals surface area contributed by atoms with Crippen LogP contribution < -0.4 is 0 Å². The molecule has 8 bridgehead atoms. The van der Waals surface area contributed by atoms with Crippen LogP contribution in [0.1, 0.15) is 68.8 Å². The number of nitrogens with zero attached hydrogens (tertiary/aromatic N) is 12. The zero-order chi connectivity index (χ0) is 39.5. The van der Waals surface area contributed by atoms with Crippen molar-refractivity contribution in [3.8, 4) is 0 Å². The van der Waals surface area contributed by atoms with Gasteiger partial charge >= 0.3 is 0 Å². The maximum absolute atomic E-state index is 5.39. The van der Waals surface area contributed by atoms with Crippen molar-refractivity contribution in [2.45, 2.75) is 55.4 Å². The molecule has 0 unspecified atom stereocenters. The van der Waals surface area contributed by atoms with Crippen molar-refractivity contribution < 1.29 is 0 Å². The van der Waals surface area contributed by atoms with Crippen molar-refractivity contribution >= 4 is 45.1 Å². The molecule has 280 valence electrons. The van der Waals surface area contributed by atoms with Crippen LogP contribution in [0.2, 0.25) is 0 Å². The first kappa shape index (κ1) is 35.2. The number of hydrogen-bond acceptors (Lipinski definition) is 8. The minimum absolute atomic E-state index is 0.752. The fourth-order valence-electron chi connectivity index (χ4n) is 7.76. The van der Waals surface area contributed by atoms with Crippen LogP contribution in [0.3, 0.4) is 0 Å². The number of rotatable bonds is 4. The van der Waals surface area contributed by atoms with E-state index in [0.717, 1.165) is 137 Å². The van der Waals surface area contributed by atoms with Gasteiger partial charge in [0, 0.05) is 51.0 Å². The van der Waals surface area contributed by atoms with Crippen LogP contribution in [0.25, 0.3) is 22.3 Å². The minimum Gasteiger partial charge on any atom is -0.331 e. The number of aliphatic imine (C=N–C) groups is 4. The lowest BCUT2D eigenvalue weighted by atomic mass is 10.1. The fraction of sp³-hybridized carbons (Fsp3) is 0.273. The first-order valence-electron chi connectivity index (χ1n) is 18.8. The standard InChI is InChI=1S/C44H44N12/c1-21-25(5)53(9)41(45-21)37-29-13-15-31(49-29)38(42-46-22(2)26(6)54(42)10)33-17-19-35(51-33)40(44-48-24(4)28(8)56(44)12)36-20-18-34(52-36)39(32-16-14-30(37)50-32)43-47-23(3)27(7)55(43)11/h13-20H,1-12H3. The molecule has 4 aromatic rings. The van der Waals surface area contributed by atoms with Gasteiger partial charge in [-0.2, -0.15) is 0 Å². The lowest BCUT2D eigenvalue weighted by molar-refractivity contribution is 0.854. The number of aryl methyl sites for hydroxylation is 4. The van der Waals surface area contributed by atoms with Crippen LogP contribution in [0.5, 0.6) is 0 Å². The number of imidazole rings is 4. The Labute approximate surface area is 326 Å². The van der Waals surface area contributed by atoms with Crippen LogP contribution in [0.4, 0.5) is 0 Å². The van der Waals surface area contributed by atoms with E-state index < -0.39 is 0 Å². The summed E-state index contributed by atoms with van der Waals surface area (Å²) in [5, 5.41) is 0. The highest BCUT2D eigenvalue weighted by Crippen LogP contribution is 2.38.